The van der Waals surface area contributed by atoms with Crippen LogP contribution in [0.25, 0.3) is 0 Å². The van der Waals surface area contributed by atoms with Crippen LogP contribution in [0.5, 0.6) is 0 Å². The topological polar surface area (TPSA) is 105 Å². The predicted octanol–water partition coefficient (Wildman–Crippen LogP) is 1.32. The van der Waals surface area contributed by atoms with E-state index in [1.165, 1.54) is 11.8 Å². The first-order chi connectivity index (χ1) is 12.1. The Hall–Kier alpha value is 0.200. The number of hydrogen-bond acceptors (Lipinski definition) is 7. The molecule has 2 aliphatic heterocycles. The van der Waals surface area contributed by atoms with Crippen molar-refractivity contribution in [1.29, 1.82) is 0 Å². The van der Waals surface area contributed by atoms with Gasteiger partial charge in [0.15, 0.2) is 0 Å². The monoisotopic (exact) mass is 407 g/mol. The van der Waals surface area contributed by atoms with E-state index < -0.39 is 52.0 Å². The summed E-state index contributed by atoms with van der Waals surface area (Å²) < 4.78 is 21.4. The number of fused-ring (bicyclic) bond motifs is 2. The van der Waals surface area contributed by atoms with E-state index in [1.807, 2.05) is 27.7 Å². The molecule has 0 aromatic heterocycles. The lowest BCUT2D eigenvalue weighted by Crippen LogP contribution is -2.64. The van der Waals surface area contributed by atoms with Crippen LogP contribution in [0.15, 0.2) is 12.2 Å². The van der Waals surface area contributed by atoms with Gasteiger partial charge in [-0.3, -0.25) is 0 Å². The molecule has 8 heteroatoms. The van der Waals surface area contributed by atoms with E-state index >= 15 is 0 Å². The van der Waals surface area contributed by atoms with Gasteiger partial charge >= 0.3 is 0 Å². The minimum absolute atomic E-state index is 0.0616. The Morgan fingerprint density at radius 2 is 1.85 bits per heavy atom. The third kappa shape index (κ3) is 5.61. The number of allylic oxidation sites excluding steroid dienone is 1. The standard InChI is InChI=1S/C18H33NO5S2/c1-11-9-7-5-6-8-10-25-17-15(22)13(20)14(21)16(24-17)12(11)19-26(23)18(2,3)4/h7,9,11-17,19-22H,5-6,8,10H2,1-4H3/b9-7+/t11-,12-,13+,14-,15-,16-,17-,26-/m1/s1. The number of aliphatic hydroxyl groups is 3. The van der Waals surface area contributed by atoms with Crippen molar-refractivity contribution in [2.24, 2.45) is 5.92 Å². The van der Waals surface area contributed by atoms with Crippen molar-refractivity contribution >= 4 is 23.1 Å². The van der Waals surface area contributed by atoms with Crippen LogP contribution in [0, 0.1) is 5.92 Å². The quantitative estimate of drug-likeness (QED) is 0.404. The van der Waals surface area contributed by atoms with Gasteiger partial charge in [0, 0.05) is 11.4 Å². The van der Waals surface area contributed by atoms with Crippen LogP contribution in [0.3, 0.4) is 0 Å². The Morgan fingerprint density at radius 3 is 2.50 bits per heavy atom. The molecule has 0 unspecified atom stereocenters. The van der Waals surface area contributed by atoms with Crippen molar-refractivity contribution in [2.45, 2.75) is 87.6 Å². The summed E-state index contributed by atoms with van der Waals surface area (Å²) in [4.78, 5) is 0. The van der Waals surface area contributed by atoms with E-state index in [0.717, 1.165) is 25.0 Å². The zero-order valence-corrected chi connectivity index (χ0v) is 17.6. The van der Waals surface area contributed by atoms with Gasteiger partial charge in [-0.1, -0.05) is 19.1 Å². The van der Waals surface area contributed by atoms with Gasteiger partial charge in [-0.05, 0) is 51.7 Å². The van der Waals surface area contributed by atoms with Gasteiger partial charge in [0.2, 0.25) is 0 Å². The molecular weight excluding hydrogens is 374 g/mol. The van der Waals surface area contributed by atoms with Crippen molar-refractivity contribution in [3.63, 3.8) is 0 Å². The zero-order chi connectivity index (χ0) is 19.5. The molecule has 0 amide bonds. The molecule has 0 aromatic rings. The van der Waals surface area contributed by atoms with E-state index in [2.05, 4.69) is 16.9 Å². The van der Waals surface area contributed by atoms with Gasteiger partial charge in [0.05, 0.1) is 6.04 Å². The van der Waals surface area contributed by atoms with Gasteiger partial charge in [0.25, 0.3) is 0 Å². The molecule has 2 heterocycles. The Morgan fingerprint density at radius 1 is 1.15 bits per heavy atom. The molecule has 0 aromatic carbocycles. The number of ether oxygens (including phenoxy) is 1. The lowest BCUT2D eigenvalue weighted by Gasteiger charge is -2.45. The van der Waals surface area contributed by atoms with E-state index in [0.29, 0.717) is 0 Å². The summed E-state index contributed by atoms with van der Waals surface area (Å²) in [5, 5.41) is 31.2. The number of rotatable bonds is 2. The number of hydrogen-bond donors (Lipinski definition) is 4. The molecule has 0 aliphatic carbocycles. The van der Waals surface area contributed by atoms with Crippen molar-refractivity contribution in [1.82, 2.24) is 4.72 Å². The second-order valence-electron chi connectivity index (χ2n) is 8.12. The highest BCUT2D eigenvalue weighted by Crippen LogP contribution is 2.33. The third-order valence-electron chi connectivity index (χ3n) is 4.81. The first-order valence-corrected chi connectivity index (χ1v) is 11.5. The van der Waals surface area contributed by atoms with Crippen molar-refractivity contribution < 1.29 is 24.6 Å². The fourth-order valence-corrected chi connectivity index (χ4v) is 5.19. The molecule has 2 bridgehead atoms. The maximum Gasteiger partial charge on any atom is 0.136 e. The molecule has 1 saturated heterocycles. The summed E-state index contributed by atoms with van der Waals surface area (Å²) in [5.41, 5.74) is -0.610. The third-order valence-corrected chi connectivity index (χ3v) is 7.65. The fourth-order valence-electron chi connectivity index (χ4n) is 3.08. The number of nitrogens with one attached hydrogen (secondary N) is 1. The minimum atomic E-state index is -1.36. The predicted molar refractivity (Wildman–Crippen MR) is 106 cm³/mol. The van der Waals surface area contributed by atoms with Gasteiger partial charge in [-0.15, -0.1) is 16.5 Å². The summed E-state index contributed by atoms with van der Waals surface area (Å²) in [6.45, 7) is 7.61. The molecule has 8 atom stereocenters. The maximum atomic E-state index is 12.7. The van der Waals surface area contributed by atoms with Crippen LogP contribution >= 0.6 is 11.8 Å². The maximum absolute atomic E-state index is 12.7. The molecule has 0 spiro atoms. The highest BCUT2D eigenvalue weighted by atomic mass is 32.2. The molecule has 2 rings (SSSR count). The van der Waals surface area contributed by atoms with Crippen LogP contribution < -0.4 is 4.72 Å². The Balaban J connectivity index is 2.30. The highest BCUT2D eigenvalue weighted by molar-refractivity contribution is 7.99. The summed E-state index contributed by atoms with van der Waals surface area (Å²) in [6, 6.07) is -0.453. The molecule has 6 nitrogen and oxygen atoms in total. The average Bonchev–Trinajstić information content (AvgIpc) is 2.56. The second-order valence-corrected chi connectivity index (χ2v) is 11.3. The molecular formula is C18H33NO5S2. The molecule has 4 N–H and O–H groups in total. The summed E-state index contributed by atoms with van der Waals surface area (Å²) in [7, 11) is 0. The van der Waals surface area contributed by atoms with E-state index in [9.17, 15) is 19.9 Å². The first-order valence-electron chi connectivity index (χ1n) is 9.29. The van der Waals surface area contributed by atoms with Gasteiger partial charge in [-0.25, -0.2) is 0 Å². The molecule has 152 valence electrons. The minimum Gasteiger partial charge on any atom is -0.598 e. The summed E-state index contributed by atoms with van der Waals surface area (Å²) in [6.07, 6.45) is 2.70. The van der Waals surface area contributed by atoms with Crippen molar-refractivity contribution in [3.8, 4) is 0 Å². The molecule has 2 aliphatic rings. The molecule has 0 saturated carbocycles. The SMILES string of the molecule is C[C@@H]1/C=C/CCCCS[C@H]2O[C@@H]([C@H](O)[C@H](O)[C@H]2O)[C@@H]1N[S@+]([O-])C(C)(C)C. The van der Waals surface area contributed by atoms with Crippen molar-refractivity contribution in [2.75, 3.05) is 5.75 Å². The Labute approximate surface area is 164 Å². The lowest BCUT2D eigenvalue weighted by molar-refractivity contribution is -0.205. The second kappa shape index (κ2) is 9.60. The normalized spacial score (nSPS) is 42.4. The van der Waals surface area contributed by atoms with E-state index in [1.54, 1.807) is 0 Å². The number of aliphatic hydroxyl groups excluding tert-OH is 3. The largest absolute Gasteiger partial charge is 0.598 e. The van der Waals surface area contributed by atoms with Crippen LogP contribution in [0.2, 0.25) is 0 Å². The zero-order valence-electron chi connectivity index (χ0n) is 16.0. The van der Waals surface area contributed by atoms with Crippen LogP contribution in [-0.4, -0.2) is 66.3 Å². The summed E-state index contributed by atoms with van der Waals surface area (Å²) >= 11 is 0.104. The van der Waals surface area contributed by atoms with Crippen molar-refractivity contribution in [3.05, 3.63) is 12.2 Å². The van der Waals surface area contributed by atoms with E-state index in [-0.39, 0.29) is 5.92 Å². The van der Waals surface area contributed by atoms with Gasteiger partial charge in [0.1, 0.15) is 34.6 Å². The van der Waals surface area contributed by atoms with Gasteiger partial charge in [-0.2, -0.15) is 0 Å². The van der Waals surface area contributed by atoms with Crippen LogP contribution in [0.1, 0.15) is 47.0 Å². The van der Waals surface area contributed by atoms with Gasteiger partial charge < -0.3 is 24.6 Å². The highest BCUT2D eigenvalue weighted by Gasteiger charge is 2.49. The number of thioether (sulfide) groups is 1. The molecule has 26 heavy (non-hydrogen) atoms. The fraction of sp³-hybridized carbons (Fsp3) is 0.889. The Bertz CT molecular complexity index is 473. The lowest BCUT2D eigenvalue weighted by atomic mass is 9.88. The average molecular weight is 408 g/mol. The van der Waals surface area contributed by atoms with Crippen LogP contribution in [-0.2, 0) is 16.1 Å². The first kappa shape index (κ1) is 22.5. The van der Waals surface area contributed by atoms with Crippen LogP contribution in [0.4, 0.5) is 0 Å². The van der Waals surface area contributed by atoms with E-state index in [4.69, 9.17) is 4.74 Å². The smallest absolute Gasteiger partial charge is 0.136 e. The molecule has 1 fully saturated rings. The summed E-state index contributed by atoms with van der Waals surface area (Å²) in [5.74, 6) is 0.751. The Kier molecular flexibility index (Phi) is 8.31. The molecule has 0 radical (unpaired) electrons.